The van der Waals surface area contributed by atoms with E-state index in [9.17, 15) is 9.59 Å². The SMILES string of the molecule is CCC1(C)NC(=O)N(CCCNC(=NC)NCc2ccccc2C)C1=O.I. The summed E-state index contributed by atoms with van der Waals surface area (Å²) in [7, 11) is 1.72. The highest BCUT2D eigenvalue weighted by Gasteiger charge is 2.45. The molecule has 1 unspecified atom stereocenters. The summed E-state index contributed by atoms with van der Waals surface area (Å²) in [4.78, 5) is 29.8. The van der Waals surface area contributed by atoms with E-state index in [0.717, 1.165) is 0 Å². The maximum absolute atomic E-state index is 12.3. The third kappa shape index (κ3) is 5.82. The molecule has 1 aromatic rings. The topological polar surface area (TPSA) is 85.8 Å². The highest BCUT2D eigenvalue weighted by atomic mass is 127. The zero-order chi connectivity index (χ0) is 19.2. The lowest BCUT2D eigenvalue weighted by molar-refractivity contribution is -0.130. The van der Waals surface area contributed by atoms with Crippen molar-refractivity contribution >= 4 is 41.9 Å². The number of nitrogens with one attached hydrogen (secondary N) is 3. The monoisotopic (exact) mass is 487 g/mol. The molecule has 1 aliphatic rings. The molecule has 3 N–H and O–H groups in total. The van der Waals surface area contributed by atoms with Crippen LogP contribution in [0.3, 0.4) is 0 Å². The van der Waals surface area contributed by atoms with E-state index in [1.54, 1.807) is 14.0 Å². The van der Waals surface area contributed by atoms with E-state index < -0.39 is 5.54 Å². The van der Waals surface area contributed by atoms with Gasteiger partial charge < -0.3 is 16.0 Å². The number of aryl methyl sites for hydroxylation is 1. The lowest BCUT2D eigenvalue weighted by atomic mass is 9.99. The Morgan fingerprint density at radius 1 is 1.26 bits per heavy atom. The van der Waals surface area contributed by atoms with Gasteiger partial charge in [-0.15, -0.1) is 24.0 Å². The minimum absolute atomic E-state index is 0. The van der Waals surface area contributed by atoms with Gasteiger partial charge in [0.25, 0.3) is 5.91 Å². The Hall–Kier alpha value is -1.84. The first kappa shape index (κ1) is 23.2. The Balaban J connectivity index is 0.00000364. The number of hydrogen-bond acceptors (Lipinski definition) is 3. The van der Waals surface area contributed by atoms with E-state index in [0.29, 0.717) is 38.4 Å². The number of carbonyl (C=O) groups is 2. The van der Waals surface area contributed by atoms with Crippen LogP contribution in [0.1, 0.15) is 37.8 Å². The lowest BCUT2D eigenvalue weighted by Crippen LogP contribution is -2.43. The molecule has 1 heterocycles. The Kier molecular flexibility index (Phi) is 9.01. The number of urea groups is 1. The van der Waals surface area contributed by atoms with Crippen LogP contribution in [0.15, 0.2) is 29.3 Å². The van der Waals surface area contributed by atoms with Crippen molar-refractivity contribution in [1.29, 1.82) is 0 Å². The number of benzene rings is 1. The summed E-state index contributed by atoms with van der Waals surface area (Å²) in [5, 5.41) is 9.26. The smallest absolute Gasteiger partial charge is 0.325 e. The zero-order valence-corrected chi connectivity index (χ0v) is 18.8. The van der Waals surface area contributed by atoms with Crippen molar-refractivity contribution < 1.29 is 9.59 Å². The second kappa shape index (κ2) is 10.5. The second-order valence-electron chi connectivity index (χ2n) is 6.71. The van der Waals surface area contributed by atoms with Crippen LogP contribution in [0.5, 0.6) is 0 Å². The maximum atomic E-state index is 12.3. The van der Waals surface area contributed by atoms with E-state index in [4.69, 9.17) is 0 Å². The Bertz CT molecular complexity index is 694. The van der Waals surface area contributed by atoms with Crippen LogP contribution in [0.2, 0.25) is 0 Å². The summed E-state index contributed by atoms with van der Waals surface area (Å²) in [5.41, 5.74) is 1.68. The van der Waals surface area contributed by atoms with Gasteiger partial charge in [0, 0.05) is 26.7 Å². The Morgan fingerprint density at radius 3 is 2.56 bits per heavy atom. The molecular formula is C19H30IN5O2. The average Bonchev–Trinajstić information content (AvgIpc) is 2.85. The summed E-state index contributed by atoms with van der Waals surface area (Å²) < 4.78 is 0. The minimum atomic E-state index is -0.768. The Morgan fingerprint density at radius 2 is 1.96 bits per heavy atom. The molecule has 0 bridgehead atoms. The van der Waals surface area contributed by atoms with Crippen LogP contribution in [-0.2, 0) is 11.3 Å². The van der Waals surface area contributed by atoms with E-state index >= 15 is 0 Å². The number of guanidine groups is 1. The van der Waals surface area contributed by atoms with Gasteiger partial charge in [-0.1, -0.05) is 31.2 Å². The fourth-order valence-corrected chi connectivity index (χ4v) is 2.84. The van der Waals surface area contributed by atoms with Gasteiger partial charge in [-0.25, -0.2) is 4.79 Å². The molecule has 1 fully saturated rings. The quantitative estimate of drug-likeness (QED) is 0.181. The molecule has 0 spiro atoms. The predicted molar refractivity (Wildman–Crippen MR) is 118 cm³/mol. The van der Waals surface area contributed by atoms with Gasteiger partial charge in [0.15, 0.2) is 5.96 Å². The molecule has 0 saturated carbocycles. The molecule has 3 amide bonds. The Labute approximate surface area is 178 Å². The fraction of sp³-hybridized carbons (Fsp3) is 0.526. The van der Waals surface area contributed by atoms with Crippen molar-refractivity contribution in [2.45, 2.75) is 45.7 Å². The van der Waals surface area contributed by atoms with Crippen molar-refractivity contribution in [3.05, 3.63) is 35.4 Å². The molecule has 0 aliphatic carbocycles. The lowest BCUT2D eigenvalue weighted by Gasteiger charge is -2.19. The molecule has 1 aromatic carbocycles. The molecule has 0 radical (unpaired) electrons. The van der Waals surface area contributed by atoms with E-state index in [1.807, 2.05) is 19.1 Å². The van der Waals surface area contributed by atoms with Gasteiger partial charge in [0.1, 0.15) is 5.54 Å². The maximum Gasteiger partial charge on any atom is 0.325 e. The average molecular weight is 487 g/mol. The first-order valence-corrected chi connectivity index (χ1v) is 9.04. The molecule has 7 nitrogen and oxygen atoms in total. The standard InChI is InChI=1S/C19H29N5O2.HI/c1-5-19(3)16(25)24(18(26)23-19)12-8-11-21-17(20-4)22-13-15-10-7-6-9-14(15)2;/h6-7,9-10H,5,8,11-13H2,1-4H3,(H,23,26)(H2,20,21,22);1H. The summed E-state index contributed by atoms with van der Waals surface area (Å²) >= 11 is 0. The van der Waals surface area contributed by atoms with Crippen molar-refractivity contribution in [2.75, 3.05) is 20.1 Å². The van der Waals surface area contributed by atoms with Gasteiger partial charge in [0.2, 0.25) is 0 Å². The van der Waals surface area contributed by atoms with Crippen LogP contribution >= 0.6 is 24.0 Å². The largest absolute Gasteiger partial charge is 0.356 e. The fourth-order valence-electron chi connectivity index (χ4n) is 2.84. The summed E-state index contributed by atoms with van der Waals surface area (Å²) in [6.45, 7) is 7.44. The van der Waals surface area contributed by atoms with Crippen LogP contribution in [0, 0.1) is 6.92 Å². The highest BCUT2D eigenvalue weighted by molar-refractivity contribution is 14.0. The number of halogens is 1. The number of aliphatic imine (C=N–C) groups is 1. The number of amides is 3. The van der Waals surface area contributed by atoms with Crippen LogP contribution in [0.4, 0.5) is 4.79 Å². The minimum Gasteiger partial charge on any atom is -0.356 e. The molecule has 1 atom stereocenters. The molecule has 8 heteroatoms. The second-order valence-corrected chi connectivity index (χ2v) is 6.71. The number of nitrogens with zero attached hydrogens (tertiary/aromatic N) is 2. The number of imide groups is 1. The molecule has 150 valence electrons. The molecule has 1 saturated heterocycles. The number of rotatable bonds is 7. The van der Waals surface area contributed by atoms with Gasteiger partial charge in [0.05, 0.1) is 0 Å². The predicted octanol–water partition coefficient (Wildman–Crippen LogP) is 2.39. The third-order valence-corrected chi connectivity index (χ3v) is 4.83. The van der Waals surface area contributed by atoms with E-state index in [-0.39, 0.29) is 35.9 Å². The van der Waals surface area contributed by atoms with Gasteiger partial charge in [-0.2, -0.15) is 0 Å². The van der Waals surface area contributed by atoms with Crippen LogP contribution in [-0.4, -0.2) is 48.5 Å². The first-order chi connectivity index (χ1) is 12.4. The van der Waals surface area contributed by atoms with Crippen molar-refractivity contribution in [1.82, 2.24) is 20.9 Å². The van der Waals surface area contributed by atoms with Crippen LogP contribution in [0.25, 0.3) is 0 Å². The third-order valence-electron chi connectivity index (χ3n) is 4.83. The van der Waals surface area contributed by atoms with Crippen molar-refractivity contribution in [3.63, 3.8) is 0 Å². The summed E-state index contributed by atoms with van der Waals surface area (Å²) in [6.07, 6.45) is 1.24. The zero-order valence-electron chi connectivity index (χ0n) is 16.5. The number of carbonyl (C=O) groups excluding carboxylic acids is 2. The van der Waals surface area contributed by atoms with E-state index in [1.165, 1.54) is 16.0 Å². The highest BCUT2D eigenvalue weighted by Crippen LogP contribution is 2.20. The van der Waals surface area contributed by atoms with Crippen LogP contribution < -0.4 is 16.0 Å². The number of hydrogen-bond donors (Lipinski definition) is 3. The van der Waals surface area contributed by atoms with Gasteiger partial charge in [-0.3, -0.25) is 14.7 Å². The molecular weight excluding hydrogens is 457 g/mol. The first-order valence-electron chi connectivity index (χ1n) is 9.04. The van der Waals surface area contributed by atoms with Gasteiger partial charge >= 0.3 is 6.03 Å². The molecule has 1 aliphatic heterocycles. The molecule has 2 rings (SSSR count). The van der Waals surface area contributed by atoms with Crippen molar-refractivity contribution in [2.24, 2.45) is 4.99 Å². The van der Waals surface area contributed by atoms with Crippen molar-refractivity contribution in [3.8, 4) is 0 Å². The normalized spacial score (nSPS) is 19.6. The molecule has 27 heavy (non-hydrogen) atoms. The summed E-state index contributed by atoms with van der Waals surface area (Å²) in [5.74, 6) is 0.552. The van der Waals surface area contributed by atoms with Gasteiger partial charge in [-0.05, 0) is 37.8 Å². The van der Waals surface area contributed by atoms with E-state index in [2.05, 4.69) is 40.0 Å². The molecule has 0 aromatic heterocycles. The summed E-state index contributed by atoms with van der Waals surface area (Å²) in [6, 6.07) is 7.89.